The summed E-state index contributed by atoms with van der Waals surface area (Å²) in [6.45, 7) is 5.07. The molecular weight excluding hydrogens is 488 g/mol. The highest BCUT2D eigenvalue weighted by Crippen LogP contribution is 2.34. The first-order chi connectivity index (χ1) is 13.7. The van der Waals surface area contributed by atoms with Gasteiger partial charge in [-0.3, -0.25) is 4.99 Å². The Morgan fingerprint density at radius 1 is 1.24 bits per heavy atom. The second-order valence-corrected chi connectivity index (χ2v) is 7.47. The first kappa shape index (κ1) is 24.3. The number of hydrogen-bond donors (Lipinski definition) is 2. The molecule has 0 amide bonds. The van der Waals surface area contributed by atoms with Gasteiger partial charge in [0.15, 0.2) is 5.96 Å². The van der Waals surface area contributed by atoms with Crippen molar-refractivity contribution in [2.24, 2.45) is 4.99 Å². The molecule has 0 aliphatic carbocycles. The van der Waals surface area contributed by atoms with Crippen molar-refractivity contribution in [3.8, 4) is 0 Å². The Bertz CT molecular complexity index is 635. The minimum atomic E-state index is -0.196. The standard InChI is InChI=1S/C21H32FN3O3.HI/c1-23-20(24-9-3-10-28-19-6-11-27-15-19)25-16-21(7-12-26-13-8-21)17-4-2-5-18(22)14-17;/h2,4-5,14,19H,3,6-13,15-16H2,1H3,(H2,23,24,25);1H. The molecule has 1 unspecified atom stereocenters. The smallest absolute Gasteiger partial charge is 0.191 e. The van der Waals surface area contributed by atoms with E-state index in [1.807, 2.05) is 6.07 Å². The number of aliphatic imine (C=N–C) groups is 1. The van der Waals surface area contributed by atoms with E-state index in [0.29, 0.717) is 33.0 Å². The van der Waals surface area contributed by atoms with Crippen molar-refractivity contribution in [3.05, 3.63) is 35.6 Å². The molecule has 2 N–H and O–H groups in total. The molecule has 8 heteroatoms. The zero-order chi connectivity index (χ0) is 19.7. The van der Waals surface area contributed by atoms with E-state index in [-0.39, 0.29) is 41.3 Å². The van der Waals surface area contributed by atoms with E-state index in [1.54, 1.807) is 19.2 Å². The van der Waals surface area contributed by atoms with Crippen molar-refractivity contribution in [1.82, 2.24) is 10.6 Å². The topological polar surface area (TPSA) is 64.1 Å². The average Bonchev–Trinajstić information content (AvgIpc) is 3.24. The average molecular weight is 521 g/mol. The number of halogens is 2. The summed E-state index contributed by atoms with van der Waals surface area (Å²) in [7, 11) is 1.76. The number of nitrogens with one attached hydrogen (secondary N) is 2. The van der Waals surface area contributed by atoms with Gasteiger partial charge in [0.2, 0.25) is 0 Å². The molecule has 0 saturated carbocycles. The molecule has 1 aromatic rings. The predicted molar refractivity (Wildman–Crippen MR) is 123 cm³/mol. The quantitative estimate of drug-likeness (QED) is 0.239. The number of hydrogen-bond acceptors (Lipinski definition) is 4. The van der Waals surface area contributed by atoms with Crippen molar-refractivity contribution < 1.29 is 18.6 Å². The monoisotopic (exact) mass is 521 g/mol. The Kier molecular flexibility index (Phi) is 10.6. The van der Waals surface area contributed by atoms with Gasteiger partial charge in [-0.1, -0.05) is 12.1 Å². The first-order valence-corrected chi connectivity index (χ1v) is 10.2. The highest BCUT2D eigenvalue weighted by molar-refractivity contribution is 14.0. The van der Waals surface area contributed by atoms with Crippen molar-refractivity contribution in [1.29, 1.82) is 0 Å². The first-order valence-electron chi connectivity index (χ1n) is 10.2. The Morgan fingerprint density at radius 2 is 2.07 bits per heavy atom. The maximum atomic E-state index is 13.8. The fraction of sp³-hybridized carbons (Fsp3) is 0.667. The second kappa shape index (κ2) is 12.7. The second-order valence-electron chi connectivity index (χ2n) is 7.47. The van der Waals surface area contributed by atoms with Gasteiger partial charge in [0.25, 0.3) is 0 Å². The van der Waals surface area contributed by atoms with E-state index < -0.39 is 0 Å². The number of nitrogens with zero attached hydrogens (tertiary/aromatic N) is 1. The normalized spacial score (nSPS) is 21.4. The predicted octanol–water partition coefficient (Wildman–Crippen LogP) is 2.85. The summed E-state index contributed by atoms with van der Waals surface area (Å²) in [5, 5.41) is 6.77. The zero-order valence-corrected chi connectivity index (χ0v) is 19.5. The van der Waals surface area contributed by atoms with Crippen LogP contribution >= 0.6 is 24.0 Å². The molecule has 2 heterocycles. The van der Waals surface area contributed by atoms with Crippen LogP contribution in [0.2, 0.25) is 0 Å². The van der Waals surface area contributed by atoms with Gasteiger partial charge < -0.3 is 24.8 Å². The summed E-state index contributed by atoms with van der Waals surface area (Å²) in [5.74, 6) is 0.560. The van der Waals surface area contributed by atoms with Gasteiger partial charge in [-0.25, -0.2) is 4.39 Å². The summed E-state index contributed by atoms with van der Waals surface area (Å²) in [6.07, 6.45) is 3.86. The molecule has 2 aliphatic heterocycles. The van der Waals surface area contributed by atoms with E-state index >= 15 is 0 Å². The number of ether oxygens (including phenoxy) is 3. The van der Waals surface area contributed by atoms with Crippen LogP contribution in [-0.4, -0.2) is 65.2 Å². The molecule has 0 aromatic heterocycles. The van der Waals surface area contributed by atoms with Crippen molar-refractivity contribution in [3.63, 3.8) is 0 Å². The number of guanidine groups is 1. The minimum Gasteiger partial charge on any atom is -0.381 e. The highest BCUT2D eigenvalue weighted by Gasteiger charge is 2.34. The van der Waals surface area contributed by atoms with Crippen LogP contribution in [0.3, 0.4) is 0 Å². The molecule has 0 spiro atoms. The molecule has 6 nitrogen and oxygen atoms in total. The lowest BCUT2D eigenvalue weighted by molar-refractivity contribution is 0.0419. The molecule has 1 aromatic carbocycles. The summed E-state index contributed by atoms with van der Waals surface area (Å²) < 4.78 is 30.4. The maximum Gasteiger partial charge on any atom is 0.191 e. The molecule has 0 bridgehead atoms. The number of rotatable bonds is 8. The van der Waals surface area contributed by atoms with Gasteiger partial charge in [0.1, 0.15) is 5.82 Å². The van der Waals surface area contributed by atoms with Gasteiger partial charge >= 0.3 is 0 Å². The van der Waals surface area contributed by atoms with Crippen LogP contribution in [0.25, 0.3) is 0 Å². The van der Waals surface area contributed by atoms with Crippen LogP contribution in [0, 0.1) is 5.82 Å². The van der Waals surface area contributed by atoms with Gasteiger partial charge in [0, 0.05) is 52.0 Å². The fourth-order valence-corrected chi connectivity index (χ4v) is 3.79. The van der Waals surface area contributed by atoms with E-state index in [0.717, 1.165) is 50.4 Å². The van der Waals surface area contributed by atoms with Crippen LogP contribution in [0.4, 0.5) is 4.39 Å². The van der Waals surface area contributed by atoms with E-state index in [1.165, 1.54) is 6.07 Å². The third-order valence-electron chi connectivity index (χ3n) is 5.56. The van der Waals surface area contributed by atoms with Crippen LogP contribution in [0.1, 0.15) is 31.2 Å². The van der Waals surface area contributed by atoms with E-state index in [9.17, 15) is 4.39 Å². The largest absolute Gasteiger partial charge is 0.381 e. The van der Waals surface area contributed by atoms with Gasteiger partial charge in [-0.05, 0) is 43.4 Å². The Hall–Kier alpha value is -0.970. The lowest BCUT2D eigenvalue weighted by atomic mass is 9.74. The van der Waals surface area contributed by atoms with E-state index in [2.05, 4.69) is 15.6 Å². The molecule has 2 saturated heterocycles. The van der Waals surface area contributed by atoms with Crippen LogP contribution in [0.5, 0.6) is 0 Å². The van der Waals surface area contributed by atoms with Crippen LogP contribution < -0.4 is 10.6 Å². The Balaban J connectivity index is 0.00000300. The number of benzene rings is 1. The Labute approximate surface area is 190 Å². The highest BCUT2D eigenvalue weighted by atomic mass is 127. The minimum absolute atomic E-state index is 0. The lowest BCUT2D eigenvalue weighted by Gasteiger charge is -2.38. The molecule has 2 fully saturated rings. The molecule has 1 atom stereocenters. The third kappa shape index (κ3) is 7.34. The summed E-state index contributed by atoms with van der Waals surface area (Å²) in [5.41, 5.74) is 0.870. The summed E-state index contributed by atoms with van der Waals surface area (Å²) in [6, 6.07) is 6.93. The van der Waals surface area contributed by atoms with Crippen molar-refractivity contribution in [2.45, 2.75) is 37.2 Å². The van der Waals surface area contributed by atoms with E-state index in [4.69, 9.17) is 14.2 Å². The van der Waals surface area contributed by atoms with Crippen LogP contribution in [-0.2, 0) is 19.6 Å². The van der Waals surface area contributed by atoms with Gasteiger partial charge in [-0.15, -0.1) is 24.0 Å². The molecule has 0 radical (unpaired) electrons. The fourth-order valence-electron chi connectivity index (χ4n) is 3.79. The van der Waals surface area contributed by atoms with Crippen LogP contribution in [0.15, 0.2) is 29.3 Å². The zero-order valence-electron chi connectivity index (χ0n) is 17.1. The molecule has 3 rings (SSSR count). The molecule has 2 aliphatic rings. The maximum absolute atomic E-state index is 13.8. The molecular formula is C21H33FIN3O3. The van der Waals surface area contributed by atoms with Crippen molar-refractivity contribution in [2.75, 3.05) is 53.2 Å². The third-order valence-corrected chi connectivity index (χ3v) is 5.56. The SMILES string of the molecule is CN=C(NCCCOC1CCOC1)NCC1(c2cccc(F)c2)CCOCC1.I. The summed E-state index contributed by atoms with van der Waals surface area (Å²) >= 11 is 0. The van der Waals surface area contributed by atoms with Gasteiger partial charge in [-0.2, -0.15) is 0 Å². The van der Waals surface area contributed by atoms with Crippen molar-refractivity contribution >= 4 is 29.9 Å². The van der Waals surface area contributed by atoms with Gasteiger partial charge in [0.05, 0.1) is 12.7 Å². The summed E-state index contributed by atoms with van der Waals surface area (Å²) in [4.78, 5) is 4.32. The molecule has 29 heavy (non-hydrogen) atoms. The Morgan fingerprint density at radius 3 is 2.76 bits per heavy atom. The molecule has 164 valence electrons. The lowest BCUT2D eigenvalue weighted by Crippen LogP contribution is -2.48.